The van der Waals surface area contributed by atoms with Crippen molar-refractivity contribution in [2.45, 2.75) is 32.4 Å². The first-order chi connectivity index (χ1) is 9.28. The highest BCUT2D eigenvalue weighted by Gasteiger charge is 2.41. The van der Waals surface area contributed by atoms with Gasteiger partial charge in [0.05, 0.1) is 5.41 Å². The summed E-state index contributed by atoms with van der Waals surface area (Å²) in [5.74, 6) is -0.840. The van der Waals surface area contributed by atoms with E-state index < -0.39 is 22.6 Å². The van der Waals surface area contributed by atoms with E-state index in [1.54, 1.807) is 4.90 Å². The lowest BCUT2D eigenvalue weighted by Crippen LogP contribution is -2.44. The van der Waals surface area contributed by atoms with Crippen LogP contribution >= 0.6 is 11.3 Å². The number of hydrogen-bond donors (Lipinski definition) is 1. The van der Waals surface area contributed by atoms with Gasteiger partial charge < -0.3 is 10.0 Å². The molecule has 5 nitrogen and oxygen atoms in total. The van der Waals surface area contributed by atoms with Gasteiger partial charge in [-0.05, 0) is 19.3 Å². The van der Waals surface area contributed by atoms with Gasteiger partial charge in [-0.25, -0.2) is 0 Å². The van der Waals surface area contributed by atoms with Crippen LogP contribution in [-0.4, -0.2) is 34.4 Å². The quantitative estimate of drug-likeness (QED) is 0.930. The number of piperidine rings is 1. The Morgan fingerprint density at radius 3 is 2.40 bits per heavy atom. The van der Waals surface area contributed by atoms with Crippen molar-refractivity contribution >= 4 is 22.4 Å². The zero-order valence-electron chi connectivity index (χ0n) is 10.8. The second-order valence-corrected chi connectivity index (χ2v) is 5.77. The van der Waals surface area contributed by atoms with Gasteiger partial charge >= 0.3 is 12.1 Å². The highest BCUT2D eigenvalue weighted by molar-refractivity contribution is 7.15. The van der Waals surface area contributed by atoms with E-state index in [0.29, 0.717) is 43.7 Å². The van der Waals surface area contributed by atoms with Crippen molar-refractivity contribution in [2.24, 2.45) is 5.41 Å². The van der Waals surface area contributed by atoms with E-state index in [-0.39, 0.29) is 5.13 Å². The van der Waals surface area contributed by atoms with Crippen molar-refractivity contribution in [1.82, 2.24) is 10.2 Å². The molecule has 1 N–H and O–H groups in total. The average Bonchev–Trinajstić information content (AvgIpc) is 2.88. The fourth-order valence-corrected chi connectivity index (χ4v) is 3.07. The van der Waals surface area contributed by atoms with Crippen LogP contribution in [0.5, 0.6) is 0 Å². The molecule has 0 atom stereocenters. The summed E-state index contributed by atoms with van der Waals surface area (Å²) in [6.45, 7) is 2.58. The molecule has 1 saturated heterocycles. The highest BCUT2D eigenvalue weighted by Crippen LogP contribution is 2.39. The van der Waals surface area contributed by atoms with Crippen molar-refractivity contribution in [3.05, 3.63) is 5.01 Å². The van der Waals surface area contributed by atoms with Gasteiger partial charge in [-0.15, -0.1) is 10.2 Å². The number of carboxylic acid groups (broad SMARTS) is 1. The normalized spacial score (nSPS) is 19.1. The number of halogens is 3. The summed E-state index contributed by atoms with van der Waals surface area (Å²) in [6.07, 6.45) is -3.17. The van der Waals surface area contributed by atoms with Gasteiger partial charge in [-0.3, -0.25) is 4.79 Å². The molecule has 1 aliphatic heterocycles. The molecule has 0 spiro atoms. The van der Waals surface area contributed by atoms with Crippen LogP contribution in [0.3, 0.4) is 0 Å². The Morgan fingerprint density at radius 1 is 1.40 bits per heavy atom. The fourth-order valence-electron chi connectivity index (χ4n) is 2.30. The van der Waals surface area contributed by atoms with Crippen LogP contribution < -0.4 is 4.90 Å². The van der Waals surface area contributed by atoms with E-state index in [2.05, 4.69) is 10.2 Å². The Hall–Kier alpha value is -1.38. The van der Waals surface area contributed by atoms with Gasteiger partial charge in [0, 0.05) is 13.1 Å². The van der Waals surface area contributed by atoms with E-state index >= 15 is 0 Å². The number of anilines is 1. The third-order valence-electron chi connectivity index (χ3n) is 3.78. The van der Waals surface area contributed by atoms with E-state index in [1.807, 2.05) is 6.92 Å². The lowest BCUT2D eigenvalue weighted by atomic mass is 9.76. The predicted molar refractivity (Wildman–Crippen MR) is 66.7 cm³/mol. The van der Waals surface area contributed by atoms with Crippen molar-refractivity contribution in [3.63, 3.8) is 0 Å². The number of nitrogens with zero attached hydrogens (tertiary/aromatic N) is 3. The van der Waals surface area contributed by atoms with Gasteiger partial charge in [0.15, 0.2) is 0 Å². The maximum Gasteiger partial charge on any atom is 0.445 e. The molecule has 0 saturated carbocycles. The minimum Gasteiger partial charge on any atom is -0.481 e. The maximum absolute atomic E-state index is 12.5. The third-order valence-corrected chi connectivity index (χ3v) is 4.81. The van der Waals surface area contributed by atoms with E-state index in [4.69, 9.17) is 0 Å². The number of aliphatic carboxylic acids is 1. The molecular formula is C11H14F3N3O2S. The molecule has 1 aromatic heterocycles. The number of rotatable bonds is 3. The molecule has 2 heterocycles. The summed E-state index contributed by atoms with van der Waals surface area (Å²) in [5, 5.41) is 15.2. The first-order valence-corrected chi connectivity index (χ1v) is 6.99. The second kappa shape index (κ2) is 5.19. The fraction of sp³-hybridized carbons (Fsp3) is 0.727. The molecule has 0 aliphatic carbocycles. The third kappa shape index (κ3) is 2.72. The van der Waals surface area contributed by atoms with Crippen molar-refractivity contribution in [3.8, 4) is 0 Å². The van der Waals surface area contributed by atoms with Crippen LogP contribution in [-0.2, 0) is 11.0 Å². The molecule has 0 aromatic carbocycles. The Balaban J connectivity index is 2.08. The number of hydrogen-bond acceptors (Lipinski definition) is 5. The molecule has 2 rings (SSSR count). The lowest BCUT2D eigenvalue weighted by Gasteiger charge is -2.37. The molecule has 0 amide bonds. The number of carbonyl (C=O) groups is 1. The average molecular weight is 309 g/mol. The van der Waals surface area contributed by atoms with Gasteiger partial charge in [-0.2, -0.15) is 13.2 Å². The highest BCUT2D eigenvalue weighted by atomic mass is 32.1. The van der Waals surface area contributed by atoms with Crippen molar-refractivity contribution in [2.75, 3.05) is 18.0 Å². The number of aromatic nitrogens is 2. The first-order valence-electron chi connectivity index (χ1n) is 6.17. The number of alkyl halides is 3. The van der Waals surface area contributed by atoms with E-state index in [0.717, 1.165) is 0 Å². The van der Waals surface area contributed by atoms with Crippen LogP contribution in [0.25, 0.3) is 0 Å². The maximum atomic E-state index is 12.5. The largest absolute Gasteiger partial charge is 0.481 e. The van der Waals surface area contributed by atoms with Gasteiger partial charge in [0.1, 0.15) is 0 Å². The summed E-state index contributed by atoms with van der Waals surface area (Å²) >= 11 is 0.494. The van der Waals surface area contributed by atoms with Crippen LogP contribution in [0.15, 0.2) is 0 Å². The molecule has 1 aromatic rings. The van der Waals surface area contributed by atoms with Gasteiger partial charge in [0.25, 0.3) is 0 Å². The van der Waals surface area contributed by atoms with Crippen molar-refractivity contribution < 1.29 is 23.1 Å². The molecule has 0 radical (unpaired) electrons. The molecule has 1 aliphatic rings. The topological polar surface area (TPSA) is 66.3 Å². The van der Waals surface area contributed by atoms with Crippen LogP contribution in [0.4, 0.5) is 18.3 Å². The molecule has 0 bridgehead atoms. The smallest absolute Gasteiger partial charge is 0.445 e. The minimum atomic E-state index is -4.49. The molecule has 1 fully saturated rings. The summed E-state index contributed by atoms with van der Waals surface area (Å²) < 4.78 is 37.4. The van der Waals surface area contributed by atoms with Crippen molar-refractivity contribution in [1.29, 1.82) is 0 Å². The zero-order valence-corrected chi connectivity index (χ0v) is 11.6. The minimum absolute atomic E-state index is 0.201. The molecule has 0 unspecified atom stereocenters. The second-order valence-electron chi connectivity index (χ2n) is 4.81. The van der Waals surface area contributed by atoms with E-state index in [9.17, 15) is 23.1 Å². The molecule has 9 heteroatoms. The lowest BCUT2D eigenvalue weighted by molar-refractivity contribution is -0.150. The summed E-state index contributed by atoms with van der Waals surface area (Å²) in [7, 11) is 0. The monoisotopic (exact) mass is 309 g/mol. The molecular weight excluding hydrogens is 295 g/mol. The van der Waals surface area contributed by atoms with Crippen LogP contribution in [0.1, 0.15) is 31.2 Å². The first kappa shape index (κ1) is 15.0. The predicted octanol–water partition coefficient (Wildman–Crippen LogP) is 2.64. The van der Waals surface area contributed by atoms with Crippen LogP contribution in [0, 0.1) is 5.41 Å². The molecule has 112 valence electrons. The van der Waals surface area contributed by atoms with Gasteiger partial charge in [-0.1, -0.05) is 18.3 Å². The molecule has 20 heavy (non-hydrogen) atoms. The Bertz CT molecular complexity index is 495. The van der Waals surface area contributed by atoms with E-state index in [1.165, 1.54) is 0 Å². The van der Waals surface area contributed by atoms with Crippen LogP contribution in [0.2, 0.25) is 0 Å². The SMILES string of the molecule is CCC1(C(=O)O)CCN(c2nnc(C(F)(F)F)s2)CC1. The standard InChI is InChI=1S/C11H14F3N3O2S/c1-2-10(8(18)19)3-5-17(6-4-10)9-16-15-7(20-9)11(12,13)14/h2-6H2,1H3,(H,18,19). The summed E-state index contributed by atoms with van der Waals surface area (Å²) in [5.41, 5.74) is -0.770. The summed E-state index contributed by atoms with van der Waals surface area (Å²) in [6, 6.07) is 0. The summed E-state index contributed by atoms with van der Waals surface area (Å²) in [4.78, 5) is 13.0. The Labute approximate surface area is 117 Å². The number of carboxylic acids is 1. The van der Waals surface area contributed by atoms with Gasteiger partial charge in [0.2, 0.25) is 10.1 Å². The zero-order chi connectivity index (χ0) is 15.0. The Kier molecular flexibility index (Phi) is 3.90. The Morgan fingerprint density at radius 2 is 2.00 bits per heavy atom.